The van der Waals surface area contributed by atoms with Gasteiger partial charge < -0.3 is 10.1 Å². The van der Waals surface area contributed by atoms with Crippen LogP contribution in [0.1, 0.15) is 30.5 Å². The van der Waals surface area contributed by atoms with Crippen molar-refractivity contribution < 1.29 is 50.1 Å². The number of aliphatic hydroxyl groups is 1. The molecular formula is C40H36Ir2N2O2-2. The Bertz CT molecular complexity index is 1860. The molecule has 2 radical (unpaired) electrons. The van der Waals surface area contributed by atoms with Gasteiger partial charge in [0, 0.05) is 52.5 Å². The molecule has 0 aliphatic carbocycles. The van der Waals surface area contributed by atoms with E-state index in [0.29, 0.717) is 0 Å². The second kappa shape index (κ2) is 18.8. The number of carbonyl (C=O) groups excluding carboxylic acids is 1. The first-order chi connectivity index (χ1) is 21.2. The van der Waals surface area contributed by atoms with Crippen LogP contribution in [0, 0.1) is 32.9 Å². The summed E-state index contributed by atoms with van der Waals surface area (Å²) in [6.45, 7) is 9.09. The van der Waals surface area contributed by atoms with Crippen molar-refractivity contribution in [2.24, 2.45) is 0 Å². The molecule has 1 N–H and O–H groups in total. The molecule has 0 aliphatic rings. The van der Waals surface area contributed by atoms with Crippen molar-refractivity contribution in [2.45, 2.75) is 34.6 Å². The maximum Gasteiger partial charge on any atom is 0.155 e. The van der Waals surface area contributed by atoms with Crippen LogP contribution in [-0.4, -0.2) is 20.9 Å². The van der Waals surface area contributed by atoms with Crippen LogP contribution >= 0.6 is 0 Å². The maximum atomic E-state index is 10.0. The summed E-state index contributed by atoms with van der Waals surface area (Å²) in [4.78, 5) is 19.2. The topological polar surface area (TPSA) is 63.1 Å². The first kappa shape index (κ1) is 38.1. The number of hydrogen-bond donors (Lipinski definition) is 1. The van der Waals surface area contributed by atoms with Gasteiger partial charge in [-0.25, -0.2) is 0 Å². The summed E-state index contributed by atoms with van der Waals surface area (Å²) in [5.74, 6) is -0.0625. The van der Waals surface area contributed by atoms with Crippen molar-refractivity contribution in [2.75, 3.05) is 0 Å². The van der Waals surface area contributed by atoms with E-state index >= 15 is 0 Å². The predicted molar refractivity (Wildman–Crippen MR) is 181 cm³/mol. The SMILES string of the molecule is CC(=O)C=C(C)O.Cc1[c-]c(-c2ccc3ccc(-c4ccccc4)cc3n2)cc(C)c1.Cc1cccnc1-c1[c-]cccc1.[Ir].[Ir]. The largest absolute Gasteiger partial charge is 0.512 e. The third-order valence-corrected chi connectivity index (χ3v) is 6.61. The van der Waals surface area contributed by atoms with Crippen molar-refractivity contribution in [1.82, 2.24) is 9.97 Å². The Morgan fingerprint density at radius 1 is 0.761 bits per heavy atom. The third-order valence-electron chi connectivity index (χ3n) is 6.61. The number of allylic oxidation sites excluding steroid dienone is 2. The van der Waals surface area contributed by atoms with Crippen LogP contribution in [0.2, 0.25) is 0 Å². The van der Waals surface area contributed by atoms with Gasteiger partial charge in [-0.3, -0.25) is 9.78 Å². The standard InChI is InChI=1S/C23H18N.C12H10N.C5H8O2.2Ir/c1-16-12-17(2)14-21(13-16)22-11-10-19-8-9-20(15-23(19)24-22)18-6-4-3-5-7-18;1-10-6-5-9-13-12(10)11-7-3-2-4-8-11;1-4(6)3-5(2)7;;/h3-13,15H,1-2H3;2-7,9H,1H3;3,6H,1-2H3;;/q2*-1;;;. The smallest absolute Gasteiger partial charge is 0.155 e. The van der Waals surface area contributed by atoms with Crippen LogP contribution in [-0.2, 0) is 45.0 Å². The Hall–Kier alpha value is -4.05. The summed E-state index contributed by atoms with van der Waals surface area (Å²) in [7, 11) is 0. The van der Waals surface area contributed by atoms with Gasteiger partial charge in [0.05, 0.1) is 11.3 Å². The average molecular weight is 961 g/mol. The Morgan fingerprint density at radius 2 is 1.48 bits per heavy atom. The number of nitrogens with zero attached hydrogens (tertiary/aromatic N) is 2. The van der Waals surface area contributed by atoms with Gasteiger partial charge in [0.15, 0.2) is 5.78 Å². The minimum atomic E-state index is -0.125. The molecule has 0 spiro atoms. The summed E-state index contributed by atoms with van der Waals surface area (Å²) in [5, 5.41) is 9.52. The molecule has 0 atom stereocenters. The van der Waals surface area contributed by atoms with Gasteiger partial charge in [-0.1, -0.05) is 80.1 Å². The number of carbonyl (C=O) groups is 1. The number of ketones is 1. The van der Waals surface area contributed by atoms with Crippen molar-refractivity contribution in [3.63, 3.8) is 0 Å². The summed E-state index contributed by atoms with van der Waals surface area (Å²) in [5.41, 5.74) is 11.1. The third kappa shape index (κ3) is 11.4. The van der Waals surface area contributed by atoms with Crippen LogP contribution in [0.4, 0.5) is 0 Å². The molecule has 2 heterocycles. The molecule has 0 aliphatic heterocycles. The van der Waals surface area contributed by atoms with Gasteiger partial charge in [-0.15, -0.1) is 70.8 Å². The fourth-order valence-electron chi connectivity index (χ4n) is 4.71. The fourth-order valence-corrected chi connectivity index (χ4v) is 4.71. The number of fused-ring (bicyclic) bond motifs is 1. The summed E-state index contributed by atoms with van der Waals surface area (Å²) in [6.07, 6.45) is 2.98. The molecule has 0 unspecified atom stereocenters. The molecule has 2 aromatic heterocycles. The predicted octanol–water partition coefficient (Wildman–Crippen LogP) is 9.88. The molecule has 238 valence electrons. The average Bonchev–Trinajstić information content (AvgIpc) is 3.01. The Balaban J connectivity index is 0.000000283. The molecular weight excluding hydrogens is 925 g/mol. The molecule has 0 bridgehead atoms. The van der Waals surface area contributed by atoms with E-state index in [9.17, 15) is 4.79 Å². The number of aryl methyl sites for hydroxylation is 3. The normalized spacial score (nSPS) is 10.2. The minimum absolute atomic E-state index is 0. The van der Waals surface area contributed by atoms with Gasteiger partial charge in [0.2, 0.25) is 0 Å². The van der Waals surface area contributed by atoms with E-state index < -0.39 is 0 Å². The molecule has 0 fully saturated rings. The van der Waals surface area contributed by atoms with Crippen LogP contribution < -0.4 is 0 Å². The van der Waals surface area contributed by atoms with Crippen LogP contribution in [0.25, 0.3) is 44.5 Å². The van der Waals surface area contributed by atoms with Crippen molar-refractivity contribution in [1.29, 1.82) is 0 Å². The van der Waals surface area contributed by atoms with Crippen LogP contribution in [0.5, 0.6) is 0 Å². The summed E-state index contributed by atoms with van der Waals surface area (Å²) < 4.78 is 0. The number of pyridine rings is 2. The zero-order chi connectivity index (χ0) is 31.5. The van der Waals surface area contributed by atoms with Gasteiger partial charge >= 0.3 is 0 Å². The second-order valence-corrected chi connectivity index (χ2v) is 10.6. The van der Waals surface area contributed by atoms with Gasteiger partial charge in [0.25, 0.3) is 0 Å². The molecule has 0 saturated carbocycles. The zero-order valence-corrected chi connectivity index (χ0v) is 31.3. The second-order valence-electron chi connectivity index (χ2n) is 10.6. The minimum Gasteiger partial charge on any atom is -0.512 e. The molecule has 6 heteroatoms. The number of hydrogen-bond acceptors (Lipinski definition) is 4. The first-order valence-electron chi connectivity index (χ1n) is 14.4. The van der Waals surface area contributed by atoms with Crippen molar-refractivity contribution >= 4 is 16.7 Å². The van der Waals surface area contributed by atoms with Crippen LogP contribution in [0.3, 0.4) is 0 Å². The quantitative estimate of drug-likeness (QED) is 0.109. The van der Waals surface area contributed by atoms with Gasteiger partial charge in [-0.2, -0.15) is 0 Å². The molecule has 0 amide bonds. The van der Waals surface area contributed by atoms with Gasteiger partial charge in [-0.05, 0) is 60.8 Å². The van der Waals surface area contributed by atoms with E-state index in [2.05, 4.69) is 111 Å². The van der Waals surface area contributed by atoms with E-state index in [1.807, 2.05) is 42.6 Å². The number of benzene rings is 4. The van der Waals surface area contributed by atoms with E-state index in [1.54, 1.807) is 0 Å². The summed E-state index contributed by atoms with van der Waals surface area (Å²) >= 11 is 0. The number of aliphatic hydroxyl groups excluding tert-OH is 1. The first-order valence-corrected chi connectivity index (χ1v) is 14.4. The molecule has 4 nitrogen and oxygen atoms in total. The van der Waals surface area contributed by atoms with E-state index in [0.717, 1.165) is 39.0 Å². The molecule has 6 rings (SSSR count). The maximum absolute atomic E-state index is 10.0. The number of aromatic nitrogens is 2. The number of rotatable bonds is 4. The fraction of sp³-hybridized carbons (Fsp3) is 0.125. The van der Waals surface area contributed by atoms with Crippen molar-refractivity contribution in [3.8, 4) is 33.6 Å². The van der Waals surface area contributed by atoms with Gasteiger partial charge in [0.1, 0.15) is 0 Å². The van der Waals surface area contributed by atoms with Crippen molar-refractivity contribution in [3.05, 3.63) is 156 Å². The molecule has 4 aromatic carbocycles. The Labute approximate surface area is 299 Å². The Kier molecular flexibility index (Phi) is 15.6. The molecule has 46 heavy (non-hydrogen) atoms. The van der Waals surface area contributed by atoms with Crippen LogP contribution in [0.15, 0.2) is 127 Å². The monoisotopic (exact) mass is 962 g/mol. The van der Waals surface area contributed by atoms with E-state index in [1.165, 1.54) is 42.2 Å². The Morgan fingerprint density at radius 3 is 2.09 bits per heavy atom. The zero-order valence-electron chi connectivity index (χ0n) is 26.5. The van der Waals surface area contributed by atoms with E-state index in [4.69, 9.17) is 10.1 Å². The molecule has 0 saturated heterocycles. The summed E-state index contributed by atoms with van der Waals surface area (Å²) in [6, 6.07) is 43.8. The van der Waals surface area contributed by atoms with E-state index in [-0.39, 0.29) is 51.8 Å². The molecule has 6 aromatic rings.